The highest BCUT2D eigenvalue weighted by atomic mass is 16.6. The van der Waals surface area contributed by atoms with Gasteiger partial charge in [0.2, 0.25) is 5.88 Å². The Morgan fingerprint density at radius 2 is 2.06 bits per heavy atom. The third kappa shape index (κ3) is 3.65. The Kier molecular flexibility index (Phi) is 4.97. The molecule has 1 rings (SSSR count). The van der Waals surface area contributed by atoms with Crippen LogP contribution in [0.25, 0.3) is 0 Å². The molecule has 0 aliphatic carbocycles. The monoisotopic (exact) mass is 258 g/mol. The van der Waals surface area contributed by atoms with Crippen molar-refractivity contribution in [1.29, 1.82) is 0 Å². The lowest BCUT2D eigenvalue weighted by molar-refractivity contribution is -0.141. The number of nitrogens with two attached hydrogens (primary N) is 1. The van der Waals surface area contributed by atoms with E-state index in [9.17, 15) is 9.59 Å². The summed E-state index contributed by atoms with van der Waals surface area (Å²) in [5, 5.41) is 3.47. The Hall–Kier alpha value is -2.25. The van der Waals surface area contributed by atoms with Gasteiger partial charge in [0.15, 0.2) is 5.56 Å². The molecular weight excluding hydrogens is 244 g/mol. The Balaban J connectivity index is 2.60. The average molecular weight is 258 g/mol. The zero-order chi connectivity index (χ0) is 13.5. The normalized spacial score (nSPS) is 9.89. The van der Waals surface area contributed by atoms with Crippen molar-refractivity contribution in [1.82, 2.24) is 5.16 Å². The van der Waals surface area contributed by atoms with Crippen molar-refractivity contribution in [2.75, 3.05) is 25.6 Å². The molecule has 1 aromatic heterocycles. The molecule has 100 valence electrons. The van der Waals surface area contributed by atoms with Crippen LogP contribution in [0.4, 0.5) is 5.88 Å². The molecule has 0 atom stereocenters. The van der Waals surface area contributed by atoms with Gasteiger partial charge in [-0.25, -0.2) is 4.79 Å². The first-order valence-corrected chi connectivity index (χ1v) is 5.24. The maximum atomic E-state index is 11.5. The van der Waals surface area contributed by atoms with Gasteiger partial charge in [0.25, 0.3) is 5.88 Å². The fourth-order valence-electron chi connectivity index (χ4n) is 1.10. The lowest BCUT2D eigenvalue weighted by Crippen LogP contribution is -2.13. The summed E-state index contributed by atoms with van der Waals surface area (Å²) in [4.78, 5) is 22.0. The summed E-state index contributed by atoms with van der Waals surface area (Å²) in [6, 6.07) is 0. The maximum absolute atomic E-state index is 11.5. The molecule has 8 heteroatoms. The first-order valence-electron chi connectivity index (χ1n) is 5.24. The van der Waals surface area contributed by atoms with Gasteiger partial charge in [-0.2, -0.15) is 0 Å². The molecule has 0 saturated heterocycles. The van der Waals surface area contributed by atoms with E-state index >= 15 is 0 Å². The third-order valence-corrected chi connectivity index (χ3v) is 1.79. The second-order valence-corrected chi connectivity index (χ2v) is 3.14. The highest BCUT2D eigenvalue weighted by Crippen LogP contribution is 2.24. The zero-order valence-corrected chi connectivity index (χ0v) is 10.1. The molecule has 0 fully saturated rings. The number of esters is 2. The van der Waals surface area contributed by atoms with Crippen LogP contribution in [0, 0.1) is 0 Å². The summed E-state index contributed by atoms with van der Waals surface area (Å²) in [5.74, 6) is -1.38. The molecule has 0 aliphatic heterocycles. The second-order valence-electron chi connectivity index (χ2n) is 3.14. The third-order valence-electron chi connectivity index (χ3n) is 1.79. The number of carbonyl (C=O) groups excluding carboxylic acids is 2. The van der Waals surface area contributed by atoms with Crippen molar-refractivity contribution in [3.05, 3.63) is 5.56 Å². The van der Waals surface area contributed by atoms with Crippen LogP contribution < -0.4 is 10.5 Å². The lowest BCUT2D eigenvalue weighted by Gasteiger charge is -2.04. The van der Waals surface area contributed by atoms with E-state index in [4.69, 9.17) is 15.2 Å². The lowest BCUT2D eigenvalue weighted by atomic mass is 10.3. The standard InChI is InChI=1S/C10H14N2O6/c1-3-15-10(14)7-8(11)18-12-9(7)17-5-4-16-6(2)13/h3-5,11H2,1-2H3. The van der Waals surface area contributed by atoms with Gasteiger partial charge >= 0.3 is 11.9 Å². The van der Waals surface area contributed by atoms with Crippen molar-refractivity contribution >= 4 is 17.8 Å². The number of ether oxygens (including phenoxy) is 3. The molecule has 0 spiro atoms. The molecule has 0 bridgehead atoms. The van der Waals surface area contributed by atoms with Gasteiger partial charge in [0, 0.05) is 6.92 Å². The average Bonchev–Trinajstić information content (AvgIpc) is 2.66. The molecule has 1 aromatic rings. The number of hydrogen-bond acceptors (Lipinski definition) is 8. The molecule has 0 unspecified atom stereocenters. The fourth-order valence-corrected chi connectivity index (χ4v) is 1.10. The molecule has 0 radical (unpaired) electrons. The van der Waals surface area contributed by atoms with Crippen LogP contribution in [0.15, 0.2) is 4.52 Å². The molecule has 0 saturated carbocycles. The van der Waals surface area contributed by atoms with Crippen LogP contribution in [0.1, 0.15) is 24.2 Å². The van der Waals surface area contributed by atoms with Crippen LogP contribution >= 0.6 is 0 Å². The van der Waals surface area contributed by atoms with Crippen molar-refractivity contribution in [2.45, 2.75) is 13.8 Å². The Morgan fingerprint density at radius 3 is 2.67 bits per heavy atom. The van der Waals surface area contributed by atoms with E-state index in [-0.39, 0.29) is 37.1 Å². The maximum Gasteiger partial charge on any atom is 0.349 e. The molecule has 0 aromatic carbocycles. The first-order chi connectivity index (χ1) is 8.56. The van der Waals surface area contributed by atoms with Gasteiger partial charge in [-0.15, -0.1) is 0 Å². The molecule has 1 heterocycles. The van der Waals surface area contributed by atoms with E-state index in [1.54, 1.807) is 6.92 Å². The number of carbonyl (C=O) groups is 2. The Labute approximate surface area is 103 Å². The summed E-state index contributed by atoms with van der Waals surface area (Å²) in [6.45, 7) is 3.18. The predicted molar refractivity (Wildman–Crippen MR) is 59.0 cm³/mol. The van der Waals surface area contributed by atoms with Gasteiger partial charge < -0.3 is 24.5 Å². The SMILES string of the molecule is CCOC(=O)c1c(OCCOC(C)=O)noc1N. The van der Waals surface area contributed by atoms with E-state index in [2.05, 4.69) is 14.4 Å². The second kappa shape index (κ2) is 6.48. The van der Waals surface area contributed by atoms with Gasteiger partial charge in [-0.3, -0.25) is 4.79 Å². The Bertz CT molecular complexity index is 428. The largest absolute Gasteiger partial charge is 0.471 e. The van der Waals surface area contributed by atoms with Crippen molar-refractivity contribution in [3.8, 4) is 5.88 Å². The molecule has 18 heavy (non-hydrogen) atoms. The minimum absolute atomic E-state index is 0.0258. The van der Waals surface area contributed by atoms with Crippen molar-refractivity contribution < 1.29 is 28.3 Å². The summed E-state index contributed by atoms with van der Waals surface area (Å²) in [5.41, 5.74) is 5.36. The van der Waals surface area contributed by atoms with E-state index in [1.807, 2.05) is 0 Å². The minimum atomic E-state index is -0.682. The van der Waals surface area contributed by atoms with Gasteiger partial charge in [-0.05, 0) is 12.1 Å². The van der Waals surface area contributed by atoms with E-state index < -0.39 is 11.9 Å². The molecule has 2 N–H and O–H groups in total. The molecule has 0 aliphatic rings. The number of rotatable bonds is 6. The van der Waals surface area contributed by atoms with Gasteiger partial charge in [0.1, 0.15) is 13.2 Å². The van der Waals surface area contributed by atoms with E-state index in [1.165, 1.54) is 6.92 Å². The van der Waals surface area contributed by atoms with Crippen LogP contribution in [-0.2, 0) is 14.3 Å². The topological polar surface area (TPSA) is 114 Å². The minimum Gasteiger partial charge on any atom is -0.471 e. The quantitative estimate of drug-likeness (QED) is 0.575. The summed E-state index contributed by atoms with van der Waals surface area (Å²) < 4.78 is 19.2. The van der Waals surface area contributed by atoms with Crippen LogP contribution in [0.5, 0.6) is 5.88 Å². The van der Waals surface area contributed by atoms with Crippen LogP contribution in [0.3, 0.4) is 0 Å². The predicted octanol–water partition coefficient (Wildman–Crippen LogP) is 0.375. The first kappa shape index (κ1) is 13.8. The number of anilines is 1. The number of hydrogen-bond donors (Lipinski definition) is 1. The summed E-state index contributed by atoms with van der Waals surface area (Å²) >= 11 is 0. The smallest absolute Gasteiger partial charge is 0.349 e. The summed E-state index contributed by atoms with van der Waals surface area (Å²) in [7, 11) is 0. The fraction of sp³-hybridized carbons (Fsp3) is 0.500. The number of aromatic nitrogens is 1. The molecule has 8 nitrogen and oxygen atoms in total. The van der Waals surface area contributed by atoms with Crippen LogP contribution in [-0.4, -0.2) is 36.9 Å². The summed E-state index contributed by atoms with van der Waals surface area (Å²) in [6.07, 6.45) is 0. The van der Waals surface area contributed by atoms with Gasteiger partial charge in [-0.1, -0.05) is 0 Å². The highest BCUT2D eigenvalue weighted by molar-refractivity contribution is 5.96. The molecular formula is C10H14N2O6. The van der Waals surface area contributed by atoms with Crippen molar-refractivity contribution in [3.63, 3.8) is 0 Å². The van der Waals surface area contributed by atoms with E-state index in [0.717, 1.165) is 0 Å². The van der Waals surface area contributed by atoms with Crippen molar-refractivity contribution in [2.24, 2.45) is 0 Å². The van der Waals surface area contributed by atoms with Gasteiger partial charge in [0.05, 0.1) is 6.61 Å². The number of nitrogens with zero attached hydrogens (tertiary/aromatic N) is 1. The molecule has 0 amide bonds. The zero-order valence-electron chi connectivity index (χ0n) is 10.1. The number of nitrogen functional groups attached to an aromatic ring is 1. The Morgan fingerprint density at radius 1 is 1.33 bits per heavy atom. The van der Waals surface area contributed by atoms with Crippen LogP contribution in [0.2, 0.25) is 0 Å². The van der Waals surface area contributed by atoms with E-state index in [0.29, 0.717) is 0 Å². The highest BCUT2D eigenvalue weighted by Gasteiger charge is 2.23.